The molecular weight excluding hydrogens is 411 g/mol. The van der Waals surface area contributed by atoms with Gasteiger partial charge in [-0.25, -0.2) is 4.99 Å². The van der Waals surface area contributed by atoms with Gasteiger partial charge in [0, 0.05) is 13.6 Å². The van der Waals surface area contributed by atoms with Crippen LogP contribution in [0, 0.1) is 6.92 Å². The number of guanidine groups is 1. The van der Waals surface area contributed by atoms with Gasteiger partial charge in [-0.1, -0.05) is 6.08 Å². The summed E-state index contributed by atoms with van der Waals surface area (Å²) >= 11 is 1.68. The number of aryl methyl sites for hydroxylation is 1. The number of thiophene rings is 1. The van der Waals surface area contributed by atoms with Crippen molar-refractivity contribution >= 4 is 41.3 Å². The second kappa shape index (κ2) is 9.57. The lowest BCUT2D eigenvalue weighted by molar-refractivity contribution is 0.721. The summed E-state index contributed by atoms with van der Waals surface area (Å²) in [5.41, 5.74) is 1.20. The molecular formula is C14H21IN6S. The highest BCUT2D eigenvalue weighted by Crippen LogP contribution is 2.06. The molecule has 6 nitrogen and oxygen atoms in total. The van der Waals surface area contributed by atoms with Gasteiger partial charge in [-0.05, 0) is 29.3 Å². The van der Waals surface area contributed by atoms with E-state index in [1.807, 2.05) is 18.5 Å². The second-order valence-corrected chi connectivity index (χ2v) is 5.32. The van der Waals surface area contributed by atoms with E-state index in [4.69, 9.17) is 0 Å². The zero-order valence-electron chi connectivity index (χ0n) is 12.7. The monoisotopic (exact) mass is 432 g/mol. The van der Waals surface area contributed by atoms with E-state index >= 15 is 0 Å². The van der Waals surface area contributed by atoms with Crippen molar-refractivity contribution in [3.8, 4) is 0 Å². The third-order valence-electron chi connectivity index (χ3n) is 3.01. The van der Waals surface area contributed by atoms with Crippen LogP contribution in [0.2, 0.25) is 0 Å². The molecule has 0 amide bonds. The van der Waals surface area contributed by atoms with Crippen molar-refractivity contribution < 1.29 is 0 Å². The van der Waals surface area contributed by atoms with E-state index in [1.165, 1.54) is 5.56 Å². The van der Waals surface area contributed by atoms with Gasteiger partial charge in [0.15, 0.2) is 11.8 Å². The van der Waals surface area contributed by atoms with E-state index < -0.39 is 0 Å². The number of hydrogen-bond acceptors (Lipinski definition) is 4. The number of rotatable bonds is 6. The molecule has 120 valence electrons. The Morgan fingerprint density at radius 3 is 2.86 bits per heavy atom. The van der Waals surface area contributed by atoms with Crippen LogP contribution in [0.15, 0.2) is 34.5 Å². The molecule has 2 rings (SSSR count). The molecule has 2 aromatic rings. The van der Waals surface area contributed by atoms with Crippen molar-refractivity contribution in [3.05, 3.63) is 46.7 Å². The summed E-state index contributed by atoms with van der Waals surface area (Å²) in [6, 6.07) is 2.07. The fourth-order valence-corrected chi connectivity index (χ4v) is 2.32. The number of nitrogens with zero attached hydrogens (tertiary/aromatic N) is 4. The zero-order valence-corrected chi connectivity index (χ0v) is 15.9. The van der Waals surface area contributed by atoms with Gasteiger partial charge in [-0.15, -0.1) is 40.8 Å². The smallest absolute Gasteiger partial charge is 0.192 e. The van der Waals surface area contributed by atoms with Crippen LogP contribution >= 0.6 is 35.3 Å². The molecule has 0 fully saturated rings. The minimum absolute atomic E-state index is 0. The third kappa shape index (κ3) is 5.41. The molecule has 2 N–H and O–H groups in total. The van der Waals surface area contributed by atoms with Gasteiger partial charge in [-0.2, -0.15) is 11.3 Å². The summed E-state index contributed by atoms with van der Waals surface area (Å²) in [7, 11) is 1.95. The molecule has 2 heterocycles. The minimum atomic E-state index is 0. The van der Waals surface area contributed by atoms with Gasteiger partial charge >= 0.3 is 0 Å². The van der Waals surface area contributed by atoms with E-state index in [2.05, 4.69) is 49.2 Å². The fraction of sp³-hybridized carbons (Fsp3) is 0.357. The van der Waals surface area contributed by atoms with Gasteiger partial charge in [0.2, 0.25) is 0 Å². The largest absolute Gasteiger partial charge is 0.353 e. The number of nitrogens with one attached hydrogen (secondary N) is 2. The lowest BCUT2D eigenvalue weighted by Crippen LogP contribution is -2.37. The first kappa shape index (κ1) is 18.6. The van der Waals surface area contributed by atoms with E-state index in [-0.39, 0.29) is 24.0 Å². The van der Waals surface area contributed by atoms with Crippen molar-refractivity contribution in [2.75, 3.05) is 6.54 Å². The highest BCUT2D eigenvalue weighted by Gasteiger charge is 2.05. The average molecular weight is 432 g/mol. The van der Waals surface area contributed by atoms with Gasteiger partial charge < -0.3 is 15.2 Å². The first-order chi connectivity index (χ1) is 10.2. The first-order valence-electron chi connectivity index (χ1n) is 6.69. The Bertz CT molecular complexity index is 605. The molecule has 22 heavy (non-hydrogen) atoms. The van der Waals surface area contributed by atoms with Gasteiger partial charge in [0.1, 0.15) is 5.82 Å². The molecule has 8 heteroatoms. The molecule has 0 radical (unpaired) electrons. The van der Waals surface area contributed by atoms with Crippen molar-refractivity contribution in [2.24, 2.45) is 12.0 Å². The van der Waals surface area contributed by atoms with Crippen LogP contribution in [0.5, 0.6) is 0 Å². The van der Waals surface area contributed by atoms with Crippen LogP contribution in [-0.4, -0.2) is 27.3 Å². The van der Waals surface area contributed by atoms with Gasteiger partial charge in [-0.3, -0.25) is 0 Å². The van der Waals surface area contributed by atoms with Crippen LogP contribution in [0.25, 0.3) is 0 Å². The number of aliphatic imine (C=N–C) groups is 1. The molecule has 0 unspecified atom stereocenters. The Balaban J connectivity index is 0.00000242. The topological polar surface area (TPSA) is 67.1 Å². The summed E-state index contributed by atoms with van der Waals surface area (Å²) < 4.78 is 1.96. The average Bonchev–Trinajstić information content (AvgIpc) is 3.11. The van der Waals surface area contributed by atoms with Crippen molar-refractivity contribution in [1.29, 1.82) is 0 Å². The Kier molecular flexibility index (Phi) is 8.10. The standard InChI is InChI=1S/C14H20N6S.HI/c1-4-6-15-14(16-8-12-5-7-21-10-12)17-9-13-19-18-11(2)20(13)3;/h4-5,7,10H,1,6,8-9H2,2-3H3,(H2,15,16,17);1H. The third-order valence-corrected chi connectivity index (χ3v) is 3.74. The second-order valence-electron chi connectivity index (χ2n) is 4.54. The number of hydrogen-bond donors (Lipinski definition) is 2. The lowest BCUT2D eigenvalue weighted by Gasteiger charge is -2.11. The lowest BCUT2D eigenvalue weighted by atomic mass is 10.3. The molecule has 2 aromatic heterocycles. The van der Waals surface area contributed by atoms with Crippen molar-refractivity contribution in [1.82, 2.24) is 25.4 Å². The van der Waals surface area contributed by atoms with E-state index in [9.17, 15) is 0 Å². The maximum Gasteiger partial charge on any atom is 0.192 e. The van der Waals surface area contributed by atoms with Gasteiger partial charge in [0.25, 0.3) is 0 Å². The Labute approximate surface area is 151 Å². The van der Waals surface area contributed by atoms with Crippen LogP contribution in [0.1, 0.15) is 17.2 Å². The van der Waals surface area contributed by atoms with Gasteiger partial charge in [0.05, 0.1) is 13.1 Å². The molecule has 0 atom stereocenters. The maximum atomic E-state index is 4.55. The molecule has 0 aromatic carbocycles. The first-order valence-corrected chi connectivity index (χ1v) is 7.64. The SMILES string of the molecule is C=CCNC(=NCc1ccsc1)NCc1nnc(C)n1C.I. The Morgan fingerprint density at radius 1 is 1.45 bits per heavy atom. The normalized spacial score (nSPS) is 10.9. The molecule has 0 aliphatic rings. The summed E-state index contributed by atoms with van der Waals surface area (Å²) in [4.78, 5) is 4.55. The zero-order chi connectivity index (χ0) is 15.1. The van der Waals surface area contributed by atoms with Crippen LogP contribution in [0.4, 0.5) is 0 Å². The quantitative estimate of drug-likeness (QED) is 0.318. The van der Waals surface area contributed by atoms with E-state index in [0.717, 1.165) is 17.6 Å². The highest BCUT2D eigenvalue weighted by molar-refractivity contribution is 14.0. The Morgan fingerprint density at radius 2 is 2.27 bits per heavy atom. The Hall–Kier alpha value is -1.42. The predicted octanol–water partition coefficient (Wildman–Crippen LogP) is 2.22. The minimum Gasteiger partial charge on any atom is -0.353 e. The molecule has 0 spiro atoms. The number of halogens is 1. The van der Waals surface area contributed by atoms with E-state index in [1.54, 1.807) is 17.4 Å². The van der Waals surface area contributed by atoms with Crippen molar-refractivity contribution in [3.63, 3.8) is 0 Å². The molecule has 0 aliphatic carbocycles. The summed E-state index contributed by atoms with van der Waals surface area (Å²) in [5, 5.41) is 18.8. The summed E-state index contributed by atoms with van der Waals surface area (Å²) in [6.07, 6.45) is 1.80. The predicted molar refractivity (Wildman–Crippen MR) is 102 cm³/mol. The maximum absolute atomic E-state index is 4.55. The fourth-order valence-electron chi connectivity index (χ4n) is 1.66. The highest BCUT2D eigenvalue weighted by atomic mass is 127. The molecule has 0 saturated carbocycles. The van der Waals surface area contributed by atoms with E-state index in [0.29, 0.717) is 19.6 Å². The molecule has 0 bridgehead atoms. The molecule has 0 aliphatic heterocycles. The van der Waals surface area contributed by atoms with Crippen LogP contribution in [-0.2, 0) is 20.1 Å². The van der Waals surface area contributed by atoms with Crippen LogP contribution < -0.4 is 10.6 Å². The summed E-state index contributed by atoms with van der Waals surface area (Å²) in [5.74, 6) is 2.50. The molecule has 0 saturated heterocycles. The van der Waals surface area contributed by atoms with Crippen molar-refractivity contribution in [2.45, 2.75) is 20.0 Å². The van der Waals surface area contributed by atoms with Crippen LogP contribution in [0.3, 0.4) is 0 Å². The summed E-state index contributed by atoms with van der Waals surface area (Å²) in [6.45, 7) is 7.52. The number of aromatic nitrogens is 3.